The molecule has 10 heteroatoms. The van der Waals surface area contributed by atoms with Crippen LogP contribution in [0.3, 0.4) is 0 Å². The van der Waals surface area contributed by atoms with Gasteiger partial charge in [-0.3, -0.25) is 14.9 Å². The maximum Gasteiger partial charge on any atom is 0.326 e. The Morgan fingerprint density at radius 2 is 1.78 bits per heavy atom. The third kappa shape index (κ3) is 4.18. The lowest BCUT2D eigenvalue weighted by Gasteiger charge is -2.06. The lowest BCUT2D eigenvalue weighted by atomic mass is 10.1. The summed E-state index contributed by atoms with van der Waals surface area (Å²) in [5.74, 6) is 1.05. The number of hydrogen-bond acceptors (Lipinski definition) is 6. The summed E-state index contributed by atoms with van der Waals surface area (Å²) in [4.78, 5) is 28.7. The lowest BCUT2D eigenvalue weighted by molar-refractivity contribution is 0.261. The molecule has 0 bridgehead atoms. The minimum Gasteiger partial charge on any atom is -0.354 e. The van der Waals surface area contributed by atoms with Crippen molar-refractivity contribution in [1.82, 2.24) is 29.7 Å². The predicted octanol–water partition coefficient (Wildman–Crippen LogP) is 5.42. The van der Waals surface area contributed by atoms with Crippen LogP contribution in [0.25, 0.3) is 39.2 Å². The zero-order valence-electron chi connectivity index (χ0n) is 19.1. The Hall–Kier alpha value is -5.25. The molecule has 3 N–H and O–H groups in total. The van der Waals surface area contributed by atoms with E-state index in [2.05, 4.69) is 41.8 Å². The van der Waals surface area contributed by atoms with E-state index in [0.29, 0.717) is 11.4 Å². The van der Waals surface area contributed by atoms with Crippen molar-refractivity contribution < 1.29 is 9.32 Å². The number of aryl methyl sites for hydroxylation is 1. The zero-order chi connectivity index (χ0) is 24.5. The smallest absolute Gasteiger partial charge is 0.326 e. The summed E-state index contributed by atoms with van der Waals surface area (Å²) in [7, 11) is 0. The van der Waals surface area contributed by atoms with Gasteiger partial charge < -0.3 is 14.8 Å². The number of carbonyl (C=O) groups is 1. The molecule has 5 aromatic heterocycles. The average Bonchev–Trinajstić information content (AvgIpc) is 3.64. The molecule has 10 nitrogen and oxygen atoms in total. The van der Waals surface area contributed by atoms with Gasteiger partial charge in [0.05, 0.1) is 11.2 Å². The number of fused-ring (bicyclic) bond motifs is 1. The summed E-state index contributed by atoms with van der Waals surface area (Å²) < 4.78 is 7.13. The number of H-pyrrole nitrogens is 1. The molecule has 0 aliphatic carbocycles. The fourth-order valence-electron chi connectivity index (χ4n) is 3.94. The van der Waals surface area contributed by atoms with Crippen LogP contribution >= 0.6 is 0 Å². The number of amides is 2. The van der Waals surface area contributed by atoms with Gasteiger partial charge in [0.15, 0.2) is 0 Å². The quantitative estimate of drug-likeness (QED) is 0.305. The van der Waals surface area contributed by atoms with Gasteiger partial charge in [-0.2, -0.15) is 0 Å². The molecule has 0 aliphatic heterocycles. The molecule has 36 heavy (non-hydrogen) atoms. The molecule has 0 radical (unpaired) electrons. The lowest BCUT2D eigenvalue weighted by Crippen LogP contribution is -2.18. The number of pyridine rings is 2. The molecule has 0 saturated heterocycles. The van der Waals surface area contributed by atoms with Crippen LogP contribution in [0.4, 0.5) is 16.4 Å². The Morgan fingerprint density at radius 1 is 0.944 bits per heavy atom. The Labute approximate surface area is 205 Å². The number of aromatic amines is 1. The van der Waals surface area contributed by atoms with E-state index in [1.807, 2.05) is 60.2 Å². The molecule has 0 unspecified atom stereocenters. The second-order valence-corrected chi connectivity index (χ2v) is 8.17. The van der Waals surface area contributed by atoms with E-state index >= 15 is 0 Å². The molecule has 0 aliphatic rings. The van der Waals surface area contributed by atoms with Crippen molar-refractivity contribution in [1.29, 1.82) is 0 Å². The third-order valence-electron chi connectivity index (χ3n) is 5.66. The van der Waals surface area contributed by atoms with E-state index in [1.165, 1.54) is 0 Å². The molecule has 6 aromatic rings. The molecular weight excluding hydrogens is 456 g/mol. The van der Waals surface area contributed by atoms with Crippen molar-refractivity contribution in [3.8, 4) is 28.3 Å². The van der Waals surface area contributed by atoms with Gasteiger partial charge >= 0.3 is 6.03 Å². The highest BCUT2D eigenvalue weighted by molar-refractivity contribution is 5.99. The SMILES string of the molecule is Cc1cn(-c2nccc3[nH]c(-c4ccc(NC(=O)Nc5cc(-c6ccncc6)no5)cc4)cc23)cn1. The van der Waals surface area contributed by atoms with Crippen molar-refractivity contribution in [3.63, 3.8) is 0 Å². The maximum absolute atomic E-state index is 12.4. The van der Waals surface area contributed by atoms with Gasteiger partial charge in [-0.25, -0.2) is 14.8 Å². The Balaban J connectivity index is 1.16. The molecule has 1 aromatic carbocycles. The largest absolute Gasteiger partial charge is 0.354 e. The average molecular weight is 477 g/mol. The highest BCUT2D eigenvalue weighted by atomic mass is 16.5. The topological polar surface area (TPSA) is 127 Å². The van der Waals surface area contributed by atoms with E-state index in [4.69, 9.17) is 4.52 Å². The summed E-state index contributed by atoms with van der Waals surface area (Å²) >= 11 is 0. The molecule has 0 atom stereocenters. The van der Waals surface area contributed by atoms with Gasteiger partial charge in [0.1, 0.15) is 17.8 Å². The van der Waals surface area contributed by atoms with Gasteiger partial charge in [-0.15, -0.1) is 0 Å². The minimum atomic E-state index is -0.433. The fourth-order valence-corrected chi connectivity index (χ4v) is 3.94. The van der Waals surface area contributed by atoms with Crippen LogP contribution in [0.2, 0.25) is 0 Å². The molecule has 5 heterocycles. The number of nitrogens with zero attached hydrogens (tertiary/aromatic N) is 5. The number of imidazole rings is 1. The normalized spacial score (nSPS) is 11.0. The van der Waals surface area contributed by atoms with Crippen LogP contribution in [0.5, 0.6) is 0 Å². The summed E-state index contributed by atoms with van der Waals surface area (Å²) in [6.45, 7) is 1.94. The highest BCUT2D eigenvalue weighted by Gasteiger charge is 2.12. The first-order valence-electron chi connectivity index (χ1n) is 11.2. The van der Waals surface area contributed by atoms with Crippen LogP contribution in [0.15, 0.2) is 90.2 Å². The first kappa shape index (κ1) is 21.3. The van der Waals surface area contributed by atoms with Crippen molar-refractivity contribution in [2.75, 3.05) is 10.6 Å². The second-order valence-electron chi connectivity index (χ2n) is 8.17. The molecule has 176 valence electrons. The van der Waals surface area contributed by atoms with Crippen molar-refractivity contribution in [2.24, 2.45) is 0 Å². The van der Waals surface area contributed by atoms with E-state index < -0.39 is 6.03 Å². The molecule has 0 saturated carbocycles. The summed E-state index contributed by atoms with van der Waals surface area (Å²) in [5.41, 5.74) is 5.90. The maximum atomic E-state index is 12.4. The van der Waals surface area contributed by atoms with Crippen LogP contribution in [-0.2, 0) is 0 Å². The first-order valence-corrected chi connectivity index (χ1v) is 11.2. The number of nitrogens with one attached hydrogen (secondary N) is 3. The standard InChI is InChI=1S/C26H20N8O2/c1-16-14-34(15-29-16)25-20-12-22(31-21(20)8-11-28-25)17-2-4-19(5-3-17)30-26(35)32-24-13-23(33-36-24)18-6-9-27-10-7-18/h2-15,31H,1H3,(H2,30,32,35). The van der Waals surface area contributed by atoms with E-state index in [0.717, 1.165) is 39.2 Å². The first-order chi connectivity index (χ1) is 17.6. The van der Waals surface area contributed by atoms with Crippen molar-refractivity contribution in [2.45, 2.75) is 6.92 Å². The number of hydrogen-bond donors (Lipinski definition) is 3. The second kappa shape index (κ2) is 8.84. The summed E-state index contributed by atoms with van der Waals surface area (Å²) in [6.07, 6.45) is 8.81. The monoisotopic (exact) mass is 476 g/mol. The minimum absolute atomic E-state index is 0.242. The van der Waals surface area contributed by atoms with E-state index in [9.17, 15) is 4.79 Å². The van der Waals surface area contributed by atoms with E-state index in [1.54, 1.807) is 31.0 Å². The number of aromatic nitrogens is 6. The van der Waals surface area contributed by atoms with Gasteiger partial charge in [0.2, 0.25) is 5.88 Å². The summed E-state index contributed by atoms with van der Waals surface area (Å²) in [5, 5.41) is 10.4. The number of carbonyl (C=O) groups excluding carboxylic acids is 1. The molecular formula is C26H20N8O2. The van der Waals surface area contributed by atoms with Gasteiger partial charge in [0, 0.05) is 53.2 Å². The fraction of sp³-hybridized carbons (Fsp3) is 0.0385. The van der Waals surface area contributed by atoms with Gasteiger partial charge in [-0.05, 0) is 48.9 Å². The third-order valence-corrected chi connectivity index (χ3v) is 5.66. The van der Waals surface area contributed by atoms with Crippen LogP contribution in [0.1, 0.15) is 5.69 Å². The van der Waals surface area contributed by atoms with Gasteiger partial charge in [-0.1, -0.05) is 17.3 Å². The predicted molar refractivity (Wildman–Crippen MR) is 136 cm³/mol. The molecule has 2 amide bonds. The van der Waals surface area contributed by atoms with Crippen LogP contribution < -0.4 is 10.6 Å². The number of anilines is 2. The Bertz CT molecular complexity index is 1670. The summed E-state index contributed by atoms with van der Waals surface area (Å²) in [6, 6.07) is 16.4. The molecule has 0 fully saturated rings. The van der Waals surface area contributed by atoms with Crippen molar-refractivity contribution in [3.05, 3.63) is 91.4 Å². The van der Waals surface area contributed by atoms with Crippen LogP contribution in [-0.4, -0.2) is 35.7 Å². The highest BCUT2D eigenvalue weighted by Crippen LogP contribution is 2.28. The number of urea groups is 1. The number of rotatable bonds is 5. The van der Waals surface area contributed by atoms with Gasteiger partial charge in [0.25, 0.3) is 0 Å². The van der Waals surface area contributed by atoms with Crippen molar-refractivity contribution >= 4 is 28.5 Å². The number of benzene rings is 1. The van der Waals surface area contributed by atoms with Crippen LogP contribution in [0, 0.1) is 6.92 Å². The Morgan fingerprint density at radius 3 is 2.56 bits per heavy atom. The molecule has 0 spiro atoms. The Kier molecular flexibility index (Phi) is 5.23. The van der Waals surface area contributed by atoms with E-state index in [-0.39, 0.29) is 5.88 Å². The molecule has 6 rings (SSSR count). The zero-order valence-corrected chi connectivity index (χ0v) is 19.1.